The lowest BCUT2D eigenvalue weighted by molar-refractivity contribution is 0.148. The van der Waals surface area contributed by atoms with E-state index in [4.69, 9.17) is 15.9 Å². The number of nitriles is 1. The Balaban J connectivity index is 3.65. The summed E-state index contributed by atoms with van der Waals surface area (Å²) in [6.07, 6.45) is -2.65. The van der Waals surface area contributed by atoms with Crippen molar-refractivity contribution < 1.29 is 17.2 Å². The van der Waals surface area contributed by atoms with Crippen molar-refractivity contribution in [2.45, 2.75) is 24.7 Å². The van der Waals surface area contributed by atoms with Crippen molar-refractivity contribution >= 4 is 19.7 Å². The molecule has 0 radical (unpaired) electrons. The Kier molecular flexibility index (Phi) is 4.07. The van der Waals surface area contributed by atoms with E-state index in [0.717, 1.165) is 12.1 Å². The molecule has 0 bridgehead atoms. The van der Waals surface area contributed by atoms with Crippen LogP contribution in [0.15, 0.2) is 17.0 Å². The monoisotopic (exact) mass is 279 g/mol. The zero-order valence-corrected chi connectivity index (χ0v) is 10.3. The van der Waals surface area contributed by atoms with Gasteiger partial charge in [0.15, 0.2) is 0 Å². The lowest BCUT2D eigenvalue weighted by atomic mass is 10.0. The molecule has 0 N–H and O–H groups in total. The molecule has 0 spiro atoms. The normalized spacial score (nSPS) is 11.5. The molecule has 0 amide bonds. The van der Waals surface area contributed by atoms with Crippen LogP contribution >= 0.6 is 10.7 Å². The third-order valence-electron chi connectivity index (χ3n) is 2.23. The van der Waals surface area contributed by atoms with Crippen LogP contribution in [0.4, 0.5) is 8.78 Å². The van der Waals surface area contributed by atoms with Crippen LogP contribution in [0, 0.1) is 11.3 Å². The summed E-state index contributed by atoms with van der Waals surface area (Å²) in [5.41, 5.74) is -0.336. The van der Waals surface area contributed by atoms with Gasteiger partial charge in [0.05, 0.1) is 16.5 Å². The number of rotatable bonds is 3. The van der Waals surface area contributed by atoms with Gasteiger partial charge in [-0.2, -0.15) is 5.26 Å². The van der Waals surface area contributed by atoms with Crippen molar-refractivity contribution in [3.05, 3.63) is 28.8 Å². The molecule has 92 valence electrons. The second-order valence-corrected chi connectivity index (χ2v) is 5.79. The van der Waals surface area contributed by atoms with Gasteiger partial charge in [0.2, 0.25) is 0 Å². The maximum atomic E-state index is 12.7. The zero-order valence-electron chi connectivity index (χ0n) is 8.75. The second-order valence-electron chi connectivity index (χ2n) is 3.25. The summed E-state index contributed by atoms with van der Waals surface area (Å²) in [4.78, 5) is -0.634. The topological polar surface area (TPSA) is 57.9 Å². The van der Waals surface area contributed by atoms with Crippen LogP contribution in [0.3, 0.4) is 0 Å². The van der Waals surface area contributed by atoms with Gasteiger partial charge in [0, 0.05) is 16.2 Å². The minimum atomic E-state index is -4.25. The fraction of sp³-hybridized carbons (Fsp3) is 0.300. The van der Waals surface area contributed by atoms with E-state index in [9.17, 15) is 17.2 Å². The molecule has 17 heavy (non-hydrogen) atoms. The molecule has 0 atom stereocenters. The SMILES string of the molecule is CCc1cc(S(=O)(=O)Cl)c(C(F)F)cc1C#N. The first-order valence-corrected chi connectivity index (χ1v) is 6.92. The molecule has 0 aliphatic heterocycles. The van der Waals surface area contributed by atoms with Crippen LogP contribution in [0.5, 0.6) is 0 Å². The number of halogens is 3. The molecule has 0 saturated heterocycles. The van der Waals surface area contributed by atoms with Crippen molar-refractivity contribution in [2.24, 2.45) is 0 Å². The summed E-state index contributed by atoms with van der Waals surface area (Å²) in [5.74, 6) is 0. The fourth-order valence-corrected chi connectivity index (χ4v) is 2.53. The molecule has 1 rings (SSSR count). The molecular weight excluding hydrogens is 272 g/mol. The Bertz CT molecular complexity index is 579. The maximum absolute atomic E-state index is 12.7. The smallest absolute Gasteiger partial charge is 0.207 e. The number of nitrogens with zero attached hydrogens (tertiary/aromatic N) is 1. The minimum Gasteiger partial charge on any atom is -0.207 e. The first-order valence-electron chi connectivity index (χ1n) is 4.61. The molecule has 7 heteroatoms. The molecule has 0 aromatic heterocycles. The van der Waals surface area contributed by atoms with E-state index in [-0.39, 0.29) is 5.56 Å². The molecule has 0 saturated carbocycles. The standard InChI is InChI=1S/C10H8ClF2NO2S/c1-2-6-4-9(17(11,15)16)8(10(12)13)3-7(6)5-14/h3-4,10H,2H2,1H3. The lowest BCUT2D eigenvalue weighted by Crippen LogP contribution is -2.02. The number of aryl methyl sites for hydroxylation is 1. The third-order valence-corrected chi connectivity index (χ3v) is 3.61. The molecule has 3 nitrogen and oxygen atoms in total. The first-order chi connectivity index (χ1) is 7.81. The third kappa shape index (κ3) is 2.93. The maximum Gasteiger partial charge on any atom is 0.265 e. The molecule has 0 aliphatic rings. The van der Waals surface area contributed by atoms with Crippen LogP contribution in [0.1, 0.15) is 30.0 Å². The number of hydrogen-bond acceptors (Lipinski definition) is 3. The van der Waals surface area contributed by atoms with E-state index < -0.39 is 25.9 Å². The Morgan fingerprint density at radius 3 is 2.41 bits per heavy atom. The van der Waals surface area contributed by atoms with E-state index in [1.807, 2.05) is 0 Å². The Hall–Kier alpha value is -1.19. The highest BCUT2D eigenvalue weighted by Gasteiger charge is 2.23. The Morgan fingerprint density at radius 2 is 2.06 bits per heavy atom. The van der Waals surface area contributed by atoms with Gasteiger partial charge in [-0.25, -0.2) is 17.2 Å². The number of benzene rings is 1. The largest absolute Gasteiger partial charge is 0.265 e. The van der Waals surface area contributed by atoms with Gasteiger partial charge in [-0.15, -0.1) is 0 Å². The van der Waals surface area contributed by atoms with Crippen LogP contribution in [0.25, 0.3) is 0 Å². The van der Waals surface area contributed by atoms with E-state index in [1.165, 1.54) is 0 Å². The average Bonchev–Trinajstić information content (AvgIpc) is 2.25. The molecule has 1 aromatic rings. The van der Waals surface area contributed by atoms with Gasteiger partial charge >= 0.3 is 0 Å². The van der Waals surface area contributed by atoms with Crippen molar-refractivity contribution in [1.82, 2.24) is 0 Å². The molecule has 0 unspecified atom stereocenters. The van der Waals surface area contributed by atoms with Crippen LogP contribution in [-0.4, -0.2) is 8.42 Å². The van der Waals surface area contributed by atoms with Gasteiger partial charge in [0.25, 0.3) is 15.5 Å². The van der Waals surface area contributed by atoms with Crippen LogP contribution in [-0.2, 0) is 15.5 Å². The zero-order chi connectivity index (χ0) is 13.2. The number of hydrogen-bond donors (Lipinski definition) is 0. The summed E-state index contributed by atoms with van der Waals surface area (Å²) >= 11 is 0. The second kappa shape index (κ2) is 4.98. The Morgan fingerprint density at radius 1 is 1.47 bits per heavy atom. The molecule has 0 heterocycles. The van der Waals surface area contributed by atoms with Crippen molar-refractivity contribution in [1.29, 1.82) is 5.26 Å². The van der Waals surface area contributed by atoms with Crippen LogP contribution in [0.2, 0.25) is 0 Å². The van der Waals surface area contributed by atoms with E-state index in [0.29, 0.717) is 12.0 Å². The molecule has 0 aliphatic carbocycles. The van der Waals surface area contributed by atoms with Gasteiger partial charge < -0.3 is 0 Å². The average molecular weight is 280 g/mol. The summed E-state index contributed by atoms with van der Waals surface area (Å²) in [5, 5.41) is 8.77. The molecule has 0 fully saturated rings. The predicted octanol–water partition coefficient (Wildman–Crippen LogP) is 2.99. The highest BCUT2D eigenvalue weighted by Crippen LogP contribution is 2.31. The van der Waals surface area contributed by atoms with Crippen molar-refractivity contribution in [2.75, 3.05) is 0 Å². The highest BCUT2D eigenvalue weighted by atomic mass is 35.7. The summed E-state index contributed by atoms with van der Waals surface area (Å²) < 4.78 is 47.7. The quantitative estimate of drug-likeness (QED) is 0.799. The van der Waals surface area contributed by atoms with E-state index in [1.54, 1.807) is 13.0 Å². The van der Waals surface area contributed by atoms with Crippen molar-refractivity contribution in [3.63, 3.8) is 0 Å². The molecule has 1 aromatic carbocycles. The lowest BCUT2D eigenvalue weighted by Gasteiger charge is -2.09. The number of alkyl halides is 2. The summed E-state index contributed by atoms with van der Waals surface area (Å²) in [6, 6.07) is 3.65. The minimum absolute atomic E-state index is 0.0341. The van der Waals surface area contributed by atoms with Crippen molar-refractivity contribution in [3.8, 4) is 6.07 Å². The predicted molar refractivity (Wildman–Crippen MR) is 58.5 cm³/mol. The van der Waals surface area contributed by atoms with Crippen LogP contribution < -0.4 is 0 Å². The highest BCUT2D eigenvalue weighted by molar-refractivity contribution is 8.13. The first kappa shape index (κ1) is 13.9. The van der Waals surface area contributed by atoms with Gasteiger partial charge in [-0.05, 0) is 24.1 Å². The van der Waals surface area contributed by atoms with Gasteiger partial charge in [0.1, 0.15) is 0 Å². The van der Waals surface area contributed by atoms with Gasteiger partial charge in [-0.3, -0.25) is 0 Å². The Labute approximate surface area is 102 Å². The fourth-order valence-electron chi connectivity index (χ4n) is 1.42. The van der Waals surface area contributed by atoms with Gasteiger partial charge in [-0.1, -0.05) is 6.92 Å². The molecular formula is C10H8ClF2NO2S. The van der Waals surface area contributed by atoms with E-state index in [2.05, 4.69) is 0 Å². The summed E-state index contributed by atoms with van der Waals surface area (Å²) in [6.45, 7) is 1.68. The summed E-state index contributed by atoms with van der Waals surface area (Å²) in [7, 11) is 0.835. The van der Waals surface area contributed by atoms with E-state index >= 15 is 0 Å².